The quantitative estimate of drug-likeness (QED) is 0.228. The summed E-state index contributed by atoms with van der Waals surface area (Å²) in [6, 6.07) is 21.6. The van der Waals surface area contributed by atoms with Crippen LogP contribution in [0.25, 0.3) is 48.3 Å². The largest absolute Gasteiger partial charge is 0.433 e. The highest BCUT2D eigenvalue weighted by Gasteiger charge is 2.33. The minimum absolute atomic E-state index is 0.282. The first kappa shape index (κ1) is 24.6. The topological polar surface area (TPSA) is 30.7 Å². The second-order valence-electron chi connectivity index (χ2n) is 10.2. The van der Waals surface area contributed by atoms with Gasteiger partial charge in [0.2, 0.25) is 0 Å². The number of benzene rings is 3. The number of imidazole rings is 1. The summed E-state index contributed by atoms with van der Waals surface area (Å²) in [5, 5.41) is 1.59. The third-order valence-corrected chi connectivity index (χ3v) is 8.24. The molecule has 0 saturated carbocycles. The zero-order valence-corrected chi connectivity index (χ0v) is 22.3. The van der Waals surface area contributed by atoms with E-state index in [1.54, 1.807) is 0 Å². The van der Waals surface area contributed by atoms with E-state index >= 15 is 0 Å². The number of pyridine rings is 1. The van der Waals surface area contributed by atoms with Crippen LogP contribution in [0.2, 0.25) is 0 Å². The van der Waals surface area contributed by atoms with Crippen molar-refractivity contribution in [2.75, 3.05) is 0 Å². The molecule has 0 aliphatic rings. The fourth-order valence-corrected chi connectivity index (χ4v) is 6.45. The van der Waals surface area contributed by atoms with E-state index in [1.807, 2.05) is 36.4 Å². The summed E-state index contributed by atoms with van der Waals surface area (Å²) in [4.78, 5) is 8.84. The number of nitrogens with zero attached hydrogens (tertiary/aromatic N) is 3. The molecule has 3 heterocycles. The summed E-state index contributed by atoms with van der Waals surface area (Å²) in [5.41, 5.74) is 5.46. The number of thiophene rings is 1. The maximum Gasteiger partial charge on any atom is 0.433 e. The van der Waals surface area contributed by atoms with Crippen molar-refractivity contribution < 1.29 is 13.2 Å². The maximum absolute atomic E-state index is 13.4. The van der Waals surface area contributed by atoms with Gasteiger partial charge in [-0.25, -0.2) is 4.98 Å². The van der Waals surface area contributed by atoms with Gasteiger partial charge >= 0.3 is 6.18 Å². The summed E-state index contributed by atoms with van der Waals surface area (Å²) in [6.07, 6.45) is -3.15. The Balaban J connectivity index is 1.71. The molecule has 0 radical (unpaired) electrons. The molecule has 3 aromatic heterocycles. The molecule has 0 fully saturated rings. The molecule has 38 heavy (non-hydrogen) atoms. The van der Waals surface area contributed by atoms with E-state index in [0.717, 1.165) is 44.3 Å². The standard InChI is InChI=1S/C31H26F3N3S/c1-17(2)19-9-7-10-20(18(3)4)28(19)37-25-14-6-5-13-24(25)36-30(37)22-12-8-11-21-23-16-35-27(31(32,33)34)15-26(23)38-29(21)22/h5-18H,1-4H3. The number of aromatic nitrogens is 3. The predicted molar refractivity (Wildman–Crippen MR) is 150 cm³/mol. The Labute approximate surface area is 222 Å². The molecule has 0 spiro atoms. The molecule has 3 aromatic carbocycles. The average Bonchev–Trinajstić information content (AvgIpc) is 3.45. The van der Waals surface area contributed by atoms with Gasteiger partial charge in [-0.15, -0.1) is 11.3 Å². The third kappa shape index (κ3) is 3.88. The minimum Gasteiger partial charge on any atom is -0.292 e. The van der Waals surface area contributed by atoms with Gasteiger partial charge in [0.05, 0.1) is 16.7 Å². The van der Waals surface area contributed by atoms with Crippen molar-refractivity contribution in [3.8, 4) is 17.1 Å². The second-order valence-corrected chi connectivity index (χ2v) is 11.3. The Bertz CT molecular complexity index is 1800. The lowest BCUT2D eigenvalue weighted by molar-refractivity contribution is -0.141. The van der Waals surface area contributed by atoms with E-state index in [-0.39, 0.29) is 11.8 Å². The Morgan fingerprint density at radius 1 is 0.816 bits per heavy atom. The zero-order chi connectivity index (χ0) is 26.8. The number of rotatable bonds is 4. The fraction of sp³-hybridized carbons (Fsp3) is 0.226. The van der Waals surface area contributed by atoms with Crippen LogP contribution in [-0.4, -0.2) is 14.5 Å². The highest BCUT2D eigenvalue weighted by molar-refractivity contribution is 7.26. The Morgan fingerprint density at radius 2 is 1.50 bits per heavy atom. The summed E-state index contributed by atoms with van der Waals surface area (Å²) < 4.78 is 43.9. The molecule has 0 N–H and O–H groups in total. The molecule has 192 valence electrons. The van der Waals surface area contributed by atoms with Crippen molar-refractivity contribution in [1.29, 1.82) is 0 Å². The van der Waals surface area contributed by atoms with E-state index in [4.69, 9.17) is 4.98 Å². The summed E-state index contributed by atoms with van der Waals surface area (Å²) in [7, 11) is 0. The van der Waals surface area contributed by atoms with Crippen LogP contribution >= 0.6 is 11.3 Å². The van der Waals surface area contributed by atoms with Crippen LogP contribution in [0, 0.1) is 0 Å². The van der Waals surface area contributed by atoms with Gasteiger partial charge in [-0.3, -0.25) is 9.55 Å². The first-order valence-corrected chi connectivity index (χ1v) is 13.5. The first-order valence-electron chi connectivity index (χ1n) is 12.6. The summed E-state index contributed by atoms with van der Waals surface area (Å²) in [6.45, 7) is 8.78. The SMILES string of the molecule is CC(C)c1cccc(C(C)C)c1-n1c(-c2cccc3c2sc2cc(C(F)(F)F)ncc23)nc2ccccc21. The Kier molecular flexibility index (Phi) is 5.80. The van der Waals surface area contributed by atoms with E-state index in [2.05, 4.69) is 61.5 Å². The average molecular weight is 530 g/mol. The smallest absolute Gasteiger partial charge is 0.292 e. The van der Waals surface area contributed by atoms with Crippen molar-refractivity contribution in [2.24, 2.45) is 0 Å². The molecule has 0 saturated heterocycles. The van der Waals surface area contributed by atoms with E-state index < -0.39 is 11.9 Å². The van der Waals surface area contributed by atoms with Gasteiger partial charge in [0.25, 0.3) is 0 Å². The molecular weight excluding hydrogens is 503 g/mol. The zero-order valence-electron chi connectivity index (χ0n) is 21.5. The molecule has 0 aliphatic carbocycles. The summed E-state index contributed by atoms with van der Waals surface area (Å²) >= 11 is 1.35. The minimum atomic E-state index is -4.49. The fourth-order valence-electron chi connectivity index (χ4n) is 5.23. The first-order chi connectivity index (χ1) is 18.1. The van der Waals surface area contributed by atoms with Crippen molar-refractivity contribution in [3.63, 3.8) is 0 Å². The van der Waals surface area contributed by atoms with Crippen LogP contribution in [-0.2, 0) is 6.18 Å². The molecule has 0 aliphatic heterocycles. The number of halogens is 3. The van der Waals surface area contributed by atoms with Gasteiger partial charge < -0.3 is 0 Å². The van der Waals surface area contributed by atoms with Crippen LogP contribution in [0.1, 0.15) is 56.4 Å². The summed E-state index contributed by atoms with van der Waals surface area (Å²) in [5.74, 6) is 1.34. The van der Waals surface area contributed by atoms with Gasteiger partial charge in [0, 0.05) is 31.9 Å². The van der Waals surface area contributed by atoms with Crippen LogP contribution in [0.4, 0.5) is 13.2 Å². The van der Waals surface area contributed by atoms with Crippen LogP contribution in [0.5, 0.6) is 0 Å². The van der Waals surface area contributed by atoms with Crippen molar-refractivity contribution in [2.45, 2.75) is 45.7 Å². The van der Waals surface area contributed by atoms with Gasteiger partial charge in [0.15, 0.2) is 0 Å². The normalized spacial score (nSPS) is 12.6. The maximum atomic E-state index is 13.4. The number of para-hydroxylation sites is 3. The predicted octanol–water partition coefficient (Wildman–Crippen LogP) is 9.72. The second kappa shape index (κ2) is 8.95. The van der Waals surface area contributed by atoms with Gasteiger partial charge in [-0.05, 0) is 47.2 Å². The van der Waals surface area contributed by atoms with Gasteiger partial charge in [-0.1, -0.05) is 70.2 Å². The molecule has 0 amide bonds. The Hall–Kier alpha value is -3.71. The molecule has 0 bridgehead atoms. The van der Waals surface area contributed by atoms with E-state index in [9.17, 15) is 13.2 Å². The highest BCUT2D eigenvalue weighted by Crippen LogP contribution is 2.43. The van der Waals surface area contributed by atoms with E-state index in [0.29, 0.717) is 10.1 Å². The third-order valence-electron chi connectivity index (χ3n) is 7.04. The Morgan fingerprint density at radius 3 is 2.18 bits per heavy atom. The van der Waals surface area contributed by atoms with Crippen molar-refractivity contribution >= 4 is 42.5 Å². The molecule has 7 heteroatoms. The van der Waals surface area contributed by atoms with Crippen LogP contribution < -0.4 is 0 Å². The molecule has 6 aromatic rings. The molecule has 6 rings (SSSR count). The van der Waals surface area contributed by atoms with Gasteiger partial charge in [0.1, 0.15) is 11.5 Å². The van der Waals surface area contributed by atoms with Gasteiger partial charge in [-0.2, -0.15) is 13.2 Å². The van der Waals surface area contributed by atoms with Crippen LogP contribution in [0.15, 0.2) is 72.9 Å². The lowest BCUT2D eigenvalue weighted by Crippen LogP contribution is -2.08. The molecule has 0 atom stereocenters. The highest BCUT2D eigenvalue weighted by atomic mass is 32.1. The van der Waals surface area contributed by atoms with E-state index in [1.165, 1.54) is 28.7 Å². The molecule has 3 nitrogen and oxygen atoms in total. The lowest BCUT2D eigenvalue weighted by Gasteiger charge is -2.22. The molecule has 0 unspecified atom stereocenters. The lowest BCUT2D eigenvalue weighted by atomic mass is 9.92. The number of hydrogen-bond donors (Lipinski definition) is 0. The number of hydrogen-bond acceptors (Lipinski definition) is 3. The van der Waals surface area contributed by atoms with Crippen LogP contribution in [0.3, 0.4) is 0 Å². The number of alkyl halides is 3. The molecular formula is C31H26F3N3S. The number of fused-ring (bicyclic) bond motifs is 4. The van der Waals surface area contributed by atoms with Crippen molar-refractivity contribution in [3.05, 3.63) is 89.7 Å². The van der Waals surface area contributed by atoms with Crippen molar-refractivity contribution in [1.82, 2.24) is 14.5 Å². The monoisotopic (exact) mass is 529 g/mol.